The maximum atomic E-state index is 13.1. The number of anilines is 2. The van der Waals surface area contributed by atoms with Gasteiger partial charge in [-0.05, 0) is 85.2 Å². The number of alkyl halides is 6. The minimum absolute atomic E-state index is 0.0990. The van der Waals surface area contributed by atoms with Gasteiger partial charge >= 0.3 is 18.4 Å². The fourth-order valence-corrected chi connectivity index (χ4v) is 4.69. The predicted molar refractivity (Wildman–Crippen MR) is 179 cm³/mol. The number of pyridine rings is 2. The van der Waals surface area contributed by atoms with Crippen molar-refractivity contribution in [3.8, 4) is 11.5 Å². The number of ether oxygens (including phenoxy) is 1. The van der Waals surface area contributed by atoms with Crippen LogP contribution in [-0.4, -0.2) is 34.2 Å². The molecule has 2 heterocycles. The van der Waals surface area contributed by atoms with Gasteiger partial charge in [0.1, 0.15) is 22.9 Å². The highest BCUT2D eigenvalue weighted by Crippen LogP contribution is 2.36. The van der Waals surface area contributed by atoms with Crippen LogP contribution < -0.4 is 20.7 Å². The van der Waals surface area contributed by atoms with Crippen LogP contribution in [0.15, 0.2) is 85.2 Å². The van der Waals surface area contributed by atoms with E-state index in [1.165, 1.54) is 48.7 Å². The van der Waals surface area contributed by atoms with Crippen LogP contribution in [0.25, 0.3) is 6.08 Å². The molecule has 0 fully saturated rings. The summed E-state index contributed by atoms with van der Waals surface area (Å²) in [7, 11) is 0. The summed E-state index contributed by atoms with van der Waals surface area (Å²) >= 11 is 5.61. The number of hydrogen-bond donors (Lipinski definition) is 3. The van der Waals surface area contributed by atoms with Crippen molar-refractivity contribution >= 4 is 46.8 Å². The third-order valence-electron chi connectivity index (χ3n) is 7.02. The van der Waals surface area contributed by atoms with Crippen LogP contribution in [0.3, 0.4) is 0 Å². The molecule has 0 unspecified atom stereocenters. The van der Waals surface area contributed by atoms with Crippen LogP contribution in [0.4, 0.5) is 42.5 Å². The average Bonchev–Trinajstić information content (AvgIpc) is 3.08. The zero-order valence-electron chi connectivity index (χ0n) is 26.6. The number of urea groups is 1. The molecular formula is C35H30ClF6N5O4. The van der Waals surface area contributed by atoms with Crippen molar-refractivity contribution in [2.45, 2.75) is 44.5 Å². The molecule has 16 heteroatoms. The van der Waals surface area contributed by atoms with Crippen molar-refractivity contribution in [1.29, 1.82) is 0 Å². The van der Waals surface area contributed by atoms with E-state index in [-0.39, 0.29) is 23.6 Å². The van der Waals surface area contributed by atoms with E-state index in [0.717, 1.165) is 37.2 Å². The van der Waals surface area contributed by atoms with Gasteiger partial charge in [-0.15, -0.1) is 0 Å². The third-order valence-corrected chi connectivity index (χ3v) is 7.35. The van der Waals surface area contributed by atoms with Crippen LogP contribution in [-0.2, 0) is 17.1 Å². The zero-order valence-corrected chi connectivity index (χ0v) is 27.3. The molecule has 0 aliphatic rings. The summed E-state index contributed by atoms with van der Waals surface area (Å²) in [6.07, 6.45) is -0.956. The second kappa shape index (κ2) is 17.5. The first-order valence-corrected chi connectivity index (χ1v) is 15.8. The highest BCUT2D eigenvalue weighted by Gasteiger charge is 2.33. The first kappa shape index (κ1) is 38.4. The van der Waals surface area contributed by atoms with Gasteiger partial charge < -0.3 is 20.7 Å². The number of carbonyl (C=O) groups excluding carboxylic acids is 3. The Kier molecular flexibility index (Phi) is 13.1. The van der Waals surface area contributed by atoms with E-state index in [0.29, 0.717) is 42.1 Å². The molecule has 0 aliphatic carbocycles. The minimum atomic E-state index is -4.68. The van der Waals surface area contributed by atoms with Gasteiger partial charge in [0.2, 0.25) is 0 Å². The van der Waals surface area contributed by atoms with Gasteiger partial charge in [-0.1, -0.05) is 30.5 Å². The highest BCUT2D eigenvalue weighted by molar-refractivity contribution is 6.31. The van der Waals surface area contributed by atoms with Crippen molar-refractivity contribution in [2.24, 2.45) is 0 Å². The fraction of sp³-hybridized carbons (Fsp3) is 0.229. The van der Waals surface area contributed by atoms with Crippen LogP contribution in [0.5, 0.6) is 11.5 Å². The average molecular weight is 734 g/mol. The largest absolute Gasteiger partial charge is 0.457 e. The number of benzene rings is 2. The molecule has 2 aromatic carbocycles. The molecule has 2 aromatic heterocycles. The summed E-state index contributed by atoms with van der Waals surface area (Å²) in [6, 6.07) is 13.4. The normalized spacial score (nSPS) is 11.7. The van der Waals surface area contributed by atoms with Crippen LogP contribution >= 0.6 is 11.6 Å². The van der Waals surface area contributed by atoms with Gasteiger partial charge in [-0.3, -0.25) is 19.6 Å². The molecule has 3 N–H and O–H groups in total. The lowest BCUT2D eigenvalue weighted by atomic mass is 10.1. The molecule has 0 spiro atoms. The summed E-state index contributed by atoms with van der Waals surface area (Å²) in [5, 5.41) is 7.12. The smallest absolute Gasteiger partial charge is 0.433 e. The number of halogens is 7. The number of ketones is 1. The maximum absolute atomic E-state index is 13.1. The molecule has 3 amide bonds. The molecule has 4 rings (SSSR count). The van der Waals surface area contributed by atoms with Crippen molar-refractivity contribution in [3.05, 3.63) is 113 Å². The lowest BCUT2D eigenvalue weighted by Crippen LogP contribution is -2.25. The molecule has 0 saturated carbocycles. The van der Waals surface area contributed by atoms with E-state index in [1.807, 2.05) is 0 Å². The first-order valence-electron chi connectivity index (χ1n) is 15.4. The van der Waals surface area contributed by atoms with E-state index in [4.69, 9.17) is 16.3 Å². The lowest BCUT2D eigenvalue weighted by Gasteiger charge is -2.12. The molecule has 4 aromatic rings. The maximum Gasteiger partial charge on any atom is 0.433 e. The molecule has 268 valence electrons. The molecular weight excluding hydrogens is 704 g/mol. The van der Waals surface area contributed by atoms with E-state index in [1.54, 1.807) is 18.2 Å². The van der Waals surface area contributed by atoms with Gasteiger partial charge in [-0.25, -0.2) is 4.79 Å². The Morgan fingerprint density at radius 3 is 2.16 bits per heavy atom. The zero-order chi connectivity index (χ0) is 37.0. The number of unbranched alkanes of at least 4 members (excludes halogenated alkanes) is 3. The van der Waals surface area contributed by atoms with E-state index < -0.39 is 40.6 Å². The lowest BCUT2D eigenvalue weighted by molar-refractivity contribution is -0.141. The highest BCUT2D eigenvalue weighted by atomic mass is 35.5. The summed E-state index contributed by atoms with van der Waals surface area (Å²) in [5.74, 6) is 0.129. The third kappa shape index (κ3) is 12.4. The number of nitrogens with one attached hydrogen (secondary N) is 3. The van der Waals surface area contributed by atoms with Crippen LogP contribution in [0.2, 0.25) is 5.02 Å². The Bertz CT molecular complexity index is 1850. The Hall–Kier alpha value is -5.44. The molecule has 0 saturated heterocycles. The number of hydrogen-bond acceptors (Lipinski definition) is 6. The van der Waals surface area contributed by atoms with Gasteiger partial charge in [0, 0.05) is 42.8 Å². The first-order chi connectivity index (χ1) is 24.2. The summed E-state index contributed by atoms with van der Waals surface area (Å²) in [6.45, 7) is 0.379. The molecule has 0 bridgehead atoms. The standard InChI is InChI=1S/C35H30ClF6N5O4/c36-29-14-10-24(19-28(29)34(37,38)39)47-33(50)46-23-8-12-26(13-9-23)51-27-16-18-43-30(20-27)32(49)44-17-4-2-1-3-5-25(48)11-6-22-7-15-31(45-21-22)35(40,41)42/h6-16,18-21H,1-5,17H2,(H,44,49)(H2,46,47,50). The topological polar surface area (TPSA) is 122 Å². The van der Waals surface area contributed by atoms with Crippen LogP contribution in [0.1, 0.15) is 59.4 Å². The number of nitrogens with zero attached hydrogens (tertiary/aromatic N) is 2. The van der Waals surface area contributed by atoms with Gasteiger partial charge in [0.25, 0.3) is 5.91 Å². The Morgan fingerprint density at radius 2 is 1.47 bits per heavy atom. The summed E-state index contributed by atoms with van der Waals surface area (Å²) in [5.41, 5.74) is -1.33. The van der Waals surface area contributed by atoms with Crippen molar-refractivity contribution < 1.29 is 45.5 Å². The van der Waals surface area contributed by atoms with Crippen molar-refractivity contribution in [2.75, 3.05) is 17.2 Å². The molecule has 0 atom stereocenters. The van der Waals surface area contributed by atoms with E-state index in [2.05, 4.69) is 25.9 Å². The Labute approximate surface area is 293 Å². The quantitative estimate of drug-likeness (QED) is 0.0674. The van der Waals surface area contributed by atoms with Crippen molar-refractivity contribution in [3.63, 3.8) is 0 Å². The summed E-state index contributed by atoms with van der Waals surface area (Å²) in [4.78, 5) is 44.4. The number of rotatable bonds is 14. The van der Waals surface area contributed by atoms with E-state index >= 15 is 0 Å². The number of carbonyl (C=O) groups is 3. The van der Waals surface area contributed by atoms with Crippen LogP contribution in [0, 0.1) is 0 Å². The second-order valence-corrected chi connectivity index (χ2v) is 11.4. The Balaban J connectivity index is 1.14. The predicted octanol–water partition coefficient (Wildman–Crippen LogP) is 9.57. The Morgan fingerprint density at radius 1 is 0.765 bits per heavy atom. The molecule has 51 heavy (non-hydrogen) atoms. The number of amides is 3. The monoisotopic (exact) mass is 733 g/mol. The molecule has 0 radical (unpaired) electrons. The van der Waals surface area contributed by atoms with Gasteiger partial charge in [0.05, 0.1) is 10.6 Å². The van der Waals surface area contributed by atoms with Crippen molar-refractivity contribution in [1.82, 2.24) is 15.3 Å². The second-order valence-electron chi connectivity index (χ2n) is 11.0. The molecule has 0 aliphatic heterocycles. The van der Waals surface area contributed by atoms with Gasteiger partial charge in [-0.2, -0.15) is 26.3 Å². The minimum Gasteiger partial charge on any atom is -0.457 e. The van der Waals surface area contributed by atoms with E-state index in [9.17, 15) is 40.7 Å². The summed E-state index contributed by atoms with van der Waals surface area (Å²) < 4.78 is 82.8. The SMILES string of the molecule is O=C(C=Cc1ccc(C(F)(F)F)nc1)CCCCCCNC(=O)c1cc(Oc2ccc(NC(=O)Nc3ccc(Cl)c(C(F)(F)F)c3)cc2)ccn1. The fourth-order valence-electron chi connectivity index (χ4n) is 4.47. The number of aromatic nitrogens is 2. The number of allylic oxidation sites excluding steroid dienone is 1. The molecule has 9 nitrogen and oxygen atoms in total. The van der Waals surface area contributed by atoms with Gasteiger partial charge in [0.15, 0.2) is 5.78 Å².